The third-order valence-electron chi connectivity index (χ3n) is 6.22. The van der Waals surface area contributed by atoms with Crippen molar-refractivity contribution in [3.8, 4) is 0 Å². The maximum atomic E-state index is 12.2. The zero-order chi connectivity index (χ0) is 35.9. The Kier molecular flexibility index (Phi) is 11.9. The molecule has 0 unspecified atom stereocenters. The molecule has 0 aliphatic heterocycles. The van der Waals surface area contributed by atoms with Crippen LogP contribution in [0, 0.1) is 6.92 Å². The summed E-state index contributed by atoms with van der Waals surface area (Å²) in [6, 6.07) is 8.04. The van der Waals surface area contributed by atoms with Crippen LogP contribution in [0.25, 0.3) is 0 Å². The maximum absolute atomic E-state index is 12.2. The zero-order valence-electron chi connectivity index (χ0n) is 25.0. The predicted molar refractivity (Wildman–Crippen MR) is 179 cm³/mol. The molecule has 1 aromatic heterocycles. The van der Waals surface area contributed by atoms with Crippen LogP contribution >= 0.6 is 0 Å². The second-order valence-corrected chi connectivity index (χ2v) is 16.6. The average Bonchev–Trinajstić information content (AvgIpc) is 3.01. The van der Waals surface area contributed by atoms with Crippen molar-refractivity contribution in [2.45, 2.75) is 16.7 Å². The third-order valence-corrected chi connectivity index (χ3v) is 10.5. The lowest BCUT2D eigenvalue weighted by Gasteiger charge is -2.16. The molecule has 22 heteroatoms. The SMILES string of the molecule is C=CS(=O)(=O)CCNc1nc(NCCS(=O)(=O)C=C)c(N=Nc2ccc(N=Nc3ccc(S(=O)(=O)O)cc3)cc2S(=O)(=O)O)c(C)c1N. The summed E-state index contributed by atoms with van der Waals surface area (Å²) in [6.07, 6.45) is 0. The first-order valence-corrected chi connectivity index (χ1v) is 19.6. The Morgan fingerprint density at radius 1 is 0.750 bits per heavy atom. The molecule has 0 fully saturated rings. The van der Waals surface area contributed by atoms with E-state index < -0.39 is 44.8 Å². The Labute approximate surface area is 277 Å². The minimum absolute atomic E-state index is 0.0274. The van der Waals surface area contributed by atoms with E-state index in [-0.39, 0.29) is 75.1 Å². The molecule has 258 valence electrons. The molecule has 0 spiro atoms. The molecule has 2 aromatic carbocycles. The molecule has 18 nitrogen and oxygen atoms in total. The van der Waals surface area contributed by atoms with Crippen molar-refractivity contribution >= 4 is 80.0 Å². The number of anilines is 3. The van der Waals surface area contributed by atoms with E-state index in [1.807, 2.05) is 0 Å². The van der Waals surface area contributed by atoms with Crippen LogP contribution < -0.4 is 16.4 Å². The molecule has 0 atom stereocenters. The number of azo groups is 2. The minimum Gasteiger partial charge on any atom is -0.395 e. The summed E-state index contributed by atoms with van der Waals surface area (Å²) in [7, 11) is -16.5. The second kappa shape index (κ2) is 15.1. The fourth-order valence-electron chi connectivity index (χ4n) is 3.64. The molecule has 1 heterocycles. The summed E-state index contributed by atoms with van der Waals surface area (Å²) in [5.41, 5.74) is 6.21. The monoisotopic (exact) mass is 742 g/mol. The highest BCUT2D eigenvalue weighted by Gasteiger charge is 2.20. The maximum Gasteiger partial charge on any atom is 0.296 e. The molecule has 0 aliphatic rings. The van der Waals surface area contributed by atoms with Gasteiger partial charge in [0.05, 0.1) is 33.5 Å². The van der Waals surface area contributed by atoms with Crippen LogP contribution in [0.5, 0.6) is 0 Å². The normalized spacial score (nSPS) is 12.7. The molecular formula is C26H30N8O10S4. The first kappa shape index (κ1) is 37.8. The number of pyridine rings is 1. The lowest BCUT2D eigenvalue weighted by Crippen LogP contribution is -2.18. The molecule has 0 saturated heterocycles. The topological polar surface area (TPSA) is 289 Å². The Morgan fingerprint density at radius 3 is 1.79 bits per heavy atom. The van der Waals surface area contributed by atoms with Crippen molar-refractivity contribution in [1.82, 2.24) is 4.98 Å². The van der Waals surface area contributed by atoms with Crippen molar-refractivity contribution < 1.29 is 42.8 Å². The van der Waals surface area contributed by atoms with Crippen LogP contribution in [0.4, 0.5) is 40.1 Å². The number of sulfone groups is 2. The number of nitrogens with zero attached hydrogens (tertiary/aromatic N) is 5. The number of aromatic nitrogens is 1. The summed E-state index contributed by atoms with van der Waals surface area (Å²) in [5.74, 6) is -0.711. The van der Waals surface area contributed by atoms with E-state index in [0.717, 1.165) is 35.1 Å². The van der Waals surface area contributed by atoms with Gasteiger partial charge >= 0.3 is 0 Å². The van der Waals surface area contributed by atoms with Gasteiger partial charge in [-0.25, -0.2) is 21.8 Å². The number of benzene rings is 2. The number of nitrogens with two attached hydrogens (primary N) is 1. The summed E-state index contributed by atoms with van der Waals surface area (Å²) >= 11 is 0. The van der Waals surface area contributed by atoms with E-state index in [1.165, 1.54) is 25.1 Å². The van der Waals surface area contributed by atoms with Gasteiger partial charge in [-0.3, -0.25) is 9.11 Å². The Hall–Kier alpha value is -4.61. The zero-order valence-corrected chi connectivity index (χ0v) is 28.3. The molecule has 3 aromatic rings. The molecule has 0 radical (unpaired) electrons. The van der Waals surface area contributed by atoms with Crippen molar-refractivity contribution in [3.05, 3.63) is 72.0 Å². The molecule has 3 rings (SSSR count). The number of nitrogens with one attached hydrogen (secondary N) is 2. The smallest absolute Gasteiger partial charge is 0.296 e. The average molecular weight is 743 g/mol. The molecule has 0 aliphatic carbocycles. The lowest BCUT2D eigenvalue weighted by atomic mass is 10.2. The standard InChI is InChI=1S/C26H30N8O10S4/c1-4-45(35,36)14-12-28-25-23(27)17(3)24(26(30-25)29-13-15-46(37,38)5-2)34-33-21-11-8-19(16-22(21)48(42,43)44)32-31-18-6-9-20(10-7-18)47(39,40)41/h4-11,16H,1-2,12-15,27H2,3H3,(H2,28,29,30)(H,39,40,41)(H,42,43,44). The molecule has 48 heavy (non-hydrogen) atoms. The van der Waals surface area contributed by atoms with Gasteiger partial charge in [0.25, 0.3) is 20.2 Å². The minimum atomic E-state index is -4.91. The number of nitrogen functional groups attached to an aromatic ring is 1. The van der Waals surface area contributed by atoms with Gasteiger partial charge in [0, 0.05) is 29.5 Å². The van der Waals surface area contributed by atoms with Gasteiger partial charge in [-0.2, -0.15) is 27.1 Å². The predicted octanol–water partition coefficient (Wildman–Crippen LogP) is 4.24. The summed E-state index contributed by atoms with van der Waals surface area (Å²) in [5, 5.41) is 23.0. The van der Waals surface area contributed by atoms with E-state index in [2.05, 4.69) is 49.2 Å². The van der Waals surface area contributed by atoms with Crippen molar-refractivity contribution in [2.75, 3.05) is 41.0 Å². The molecule has 0 amide bonds. The quantitative estimate of drug-likeness (QED) is 0.101. The summed E-state index contributed by atoms with van der Waals surface area (Å²) in [6.45, 7) is 7.73. The fraction of sp³-hybridized carbons (Fsp3) is 0.192. The Morgan fingerprint density at radius 2 is 1.27 bits per heavy atom. The molecular weight excluding hydrogens is 713 g/mol. The van der Waals surface area contributed by atoms with E-state index in [9.17, 15) is 38.2 Å². The second-order valence-electron chi connectivity index (χ2n) is 9.61. The molecule has 0 bridgehead atoms. The van der Waals surface area contributed by atoms with E-state index in [0.29, 0.717) is 0 Å². The van der Waals surface area contributed by atoms with Gasteiger partial charge in [-0.15, -0.1) is 10.2 Å². The van der Waals surface area contributed by atoms with E-state index in [4.69, 9.17) is 10.3 Å². The van der Waals surface area contributed by atoms with Gasteiger partial charge in [-0.05, 0) is 49.4 Å². The van der Waals surface area contributed by atoms with Crippen LogP contribution in [-0.4, -0.2) is 72.4 Å². The van der Waals surface area contributed by atoms with Crippen LogP contribution in [-0.2, 0) is 39.9 Å². The van der Waals surface area contributed by atoms with Gasteiger partial charge in [0.2, 0.25) is 0 Å². The summed E-state index contributed by atoms with van der Waals surface area (Å²) in [4.78, 5) is 3.22. The van der Waals surface area contributed by atoms with Crippen LogP contribution in [0.2, 0.25) is 0 Å². The van der Waals surface area contributed by atoms with Gasteiger partial charge in [0.1, 0.15) is 16.3 Å². The number of rotatable bonds is 16. The highest BCUT2D eigenvalue weighted by molar-refractivity contribution is 7.94. The third kappa shape index (κ3) is 10.4. The lowest BCUT2D eigenvalue weighted by molar-refractivity contribution is 0.481. The van der Waals surface area contributed by atoms with Gasteiger partial charge in [0.15, 0.2) is 31.3 Å². The fourth-order valence-corrected chi connectivity index (χ4v) is 5.87. The van der Waals surface area contributed by atoms with Crippen molar-refractivity contribution in [2.24, 2.45) is 20.5 Å². The number of hydrogen-bond donors (Lipinski definition) is 5. The Balaban J connectivity index is 2.01. The van der Waals surface area contributed by atoms with E-state index >= 15 is 0 Å². The molecule has 0 saturated carbocycles. The first-order chi connectivity index (χ1) is 22.3. The van der Waals surface area contributed by atoms with E-state index in [1.54, 1.807) is 0 Å². The first-order valence-electron chi connectivity index (χ1n) is 13.3. The van der Waals surface area contributed by atoms with Crippen LogP contribution in [0.15, 0.2) is 96.7 Å². The van der Waals surface area contributed by atoms with Crippen LogP contribution in [0.1, 0.15) is 5.56 Å². The van der Waals surface area contributed by atoms with Gasteiger partial charge in [-0.1, -0.05) is 13.2 Å². The molecule has 6 N–H and O–H groups in total. The highest BCUT2D eigenvalue weighted by Crippen LogP contribution is 2.38. The van der Waals surface area contributed by atoms with Crippen LogP contribution in [0.3, 0.4) is 0 Å². The highest BCUT2D eigenvalue weighted by atomic mass is 32.2. The van der Waals surface area contributed by atoms with Crippen molar-refractivity contribution in [3.63, 3.8) is 0 Å². The Bertz CT molecular complexity index is 2220. The van der Waals surface area contributed by atoms with Gasteiger partial charge < -0.3 is 16.4 Å². The number of hydrogen-bond acceptors (Lipinski definition) is 16. The largest absolute Gasteiger partial charge is 0.395 e. The van der Waals surface area contributed by atoms with Crippen molar-refractivity contribution in [1.29, 1.82) is 0 Å². The summed E-state index contributed by atoms with van der Waals surface area (Å²) < 4.78 is 113.